The summed E-state index contributed by atoms with van der Waals surface area (Å²) >= 11 is 0. The minimum atomic E-state index is 0.106. The first-order chi connectivity index (χ1) is 26.8. The fourth-order valence-electron chi connectivity index (χ4n) is 8.52. The van der Waals surface area contributed by atoms with Gasteiger partial charge in [0.15, 0.2) is 0 Å². The van der Waals surface area contributed by atoms with Gasteiger partial charge in [-0.25, -0.2) is 0 Å². The van der Waals surface area contributed by atoms with Crippen LogP contribution in [0, 0.1) is 5.92 Å². The minimum Gasteiger partial charge on any atom is -0.342 e. The van der Waals surface area contributed by atoms with Crippen molar-refractivity contribution in [2.45, 2.75) is 26.2 Å². The quantitative estimate of drug-likeness (QED) is 0.112. The van der Waals surface area contributed by atoms with E-state index in [0.717, 1.165) is 42.9 Å². The average molecular weight is 698 g/mol. The van der Waals surface area contributed by atoms with Gasteiger partial charge in [0, 0.05) is 52.1 Å². The summed E-state index contributed by atoms with van der Waals surface area (Å²) in [6.07, 6.45) is 24.1. The molecule has 4 aliphatic rings. The zero-order valence-corrected chi connectivity index (χ0v) is 30.8. The van der Waals surface area contributed by atoms with E-state index >= 15 is 0 Å². The number of allylic oxidation sites excluding steroid dienone is 9. The Labute approximate surface area is 320 Å². The van der Waals surface area contributed by atoms with Crippen LogP contribution in [0.15, 0.2) is 211 Å². The lowest BCUT2D eigenvalue weighted by Crippen LogP contribution is -2.54. The van der Waals surface area contributed by atoms with Gasteiger partial charge < -0.3 is 14.7 Å². The normalized spacial score (nSPS) is 17.5. The first-order valence-electron chi connectivity index (χ1n) is 19.3. The summed E-state index contributed by atoms with van der Waals surface area (Å²) in [6, 6.07) is 48.2. The standard InChI is InChI=1S/C50H44BN3/c1-2-19-44(53(41-24-9-4-10-25-41)42-26-11-5-12-27-42)35-45-36-51-46-30-15-16-31-47(46)54(43-28-13-6-14-29-43)49-33-18-32-48(50(49)51)52(45)37-38-20-17-23-40(34-38)39-21-7-3-8-22-39/h2-5,7-13,15-19,21-36,38H,6,14,20,37H2,1H3/b19-2-,44-35+. The summed E-state index contributed by atoms with van der Waals surface area (Å²) in [6.45, 7) is 3.08. The van der Waals surface area contributed by atoms with Crippen molar-refractivity contribution in [2.75, 3.05) is 21.2 Å². The van der Waals surface area contributed by atoms with Crippen molar-refractivity contribution >= 4 is 51.6 Å². The highest BCUT2D eigenvalue weighted by atomic mass is 15.2. The van der Waals surface area contributed by atoms with Crippen LogP contribution in [0.5, 0.6) is 0 Å². The van der Waals surface area contributed by atoms with Crippen LogP contribution in [0.1, 0.15) is 31.7 Å². The number of para-hydroxylation sites is 3. The molecule has 9 rings (SSSR count). The van der Waals surface area contributed by atoms with Gasteiger partial charge in [0.25, 0.3) is 0 Å². The predicted molar refractivity (Wildman–Crippen MR) is 232 cm³/mol. The molecule has 0 radical (unpaired) electrons. The van der Waals surface area contributed by atoms with Gasteiger partial charge in [-0.1, -0.05) is 133 Å². The van der Waals surface area contributed by atoms with Crippen LogP contribution < -0.4 is 25.6 Å². The lowest BCUT2D eigenvalue weighted by atomic mass is 9.37. The summed E-state index contributed by atoms with van der Waals surface area (Å²) in [5, 5.41) is 0. The van der Waals surface area contributed by atoms with E-state index in [9.17, 15) is 0 Å². The number of anilines is 5. The maximum Gasteiger partial charge on any atom is 0.244 e. The Bertz CT molecular complexity index is 2330. The Morgan fingerprint density at radius 3 is 2.13 bits per heavy atom. The molecule has 0 bridgehead atoms. The fraction of sp³-hybridized carbons (Fsp3) is 0.120. The monoisotopic (exact) mass is 697 g/mol. The van der Waals surface area contributed by atoms with Gasteiger partial charge in [0.05, 0.1) is 0 Å². The topological polar surface area (TPSA) is 9.72 Å². The molecule has 0 amide bonds. The molecule has 0 N–H and O–H groups in total. The largest absolute Gasteiger partial charge is 0.342 e. The number of rotatable bonds is 9. The van der Waals surface area contributed by atoms with Crippen LogP contribution in [0.4, 0.5) is 28.4 Å². The van der Waals surface area contributed by atoms with Crippen molar-refractivity contribution in [2.24, 2.45) is 5.92 Å². The second-order valence-electron chi connectivity index (χ2n) is 14.4. The third kappa shape index (κ3) is 6.39. The van der Waals surface area contributed by atoms with Crippen molar-refractivity contribution in [1.29, 1.82) is 0 Å². The molecule has 2 aliphatic heterocycles. The third-order valence-corrected chi connectivity index (χ3v) is 10.9. The molecule has 0 spiro atoms. The first kappa shape index (κ1) is 33.6. The number of benzene rings is 5. The predicted octanol–water partition coefficient (Wildman–Crippen LogP) is 11.2. The molecule has 2 heterocycles. The molecule has 2 aliphatic carbocycles. The van der Waals surface area contributed by atoms with Crippen molar-refractivity contribution in [1.82, 2.24) is 0 Å². The molecule has 5 aromatic carbocycles. The molecular weight excluding hydrogens is 653 g/mol. The molecule has 5 aromatic rings. The van der Waals surface area contributed by atoms with Gasteiger partial charge >= 0.3 is 0 Å². The first-order valence-corrected chi connectivity index (χ1v) is 19.3. The summed E-state index contributed by atoms with van der Waals surface area (Å²) in [5.41, 5.74) is 14.9. The molecule has 4 heteroatoms. The minimum absolute atomic E-state index is 0.106. The molecule has 3 nitrogen and oxygen atoms in total. The molecule has 0 fully saturated rings. The van der Waals surface area contributed by atoms with Crippen LogP contribution in [0.3, 0.4) is 0 Å². The molecule has 1 atom stereocenters. The molecule has 0 saturated carbocycles. The number of nitrogens with zero attached hydrogens (tertiary/aromatic N) is 3. The molecule has 262 valence electrons. The lowest BCUT2D eigenvalue weighted by Gasteiger charge is -2.43. The number of hydrogen-bond donors (Lipinski definition) is 0. The van der Waals surface area contributed by atoms with E-state index in [1.54, 1.807) is 0 Å². The maximum absolute atomic E-state index is 2.60. The van der Waals surface area contributed by atoms with Crippen LogP contribution >= 0.6 is 0 Å². The maximum atomic E-state index is 2.60. The van der Waals surface area contributed by atoms with E-state index in [1.165, 1.54) is 50.5 Å². The van der Waals surface area contributed by atoms with Gasteiger partial charge in [0.1, 0.15) is 0 Å². The molecule has 1 unspecified atom stereocenters. The molecule has 0 aromatic heterocycles. The van der Waals surface area contributed by atoms with E-state index in [2.05, 4.69) is 216 Å². The highest BCUT2D eigenvalue weighted by molar-refractivity contribution is 6.93. The van der Waals surface area contributed by atoms with Gasteiger partial charge in [-0.3, -0.25) is 0 Å². The molecular formula is C50H44BN3. The van der Waals surface area contributed by atoms with E-state index in [-0.39, 0.29) is 6.71 Å². The van der Waals surface area contributed by atoms with Crippen LogP contribution in [0.25, 0.3) is 5.57 Å². The average Bonchev–Trinajstić information content (AvgIpc) is 3.24. The highest BCUT2D eigenvalue weighted by Crippen LogP contribution is 2.41. The van der Waals surface area contributed by atoms with Crippen LogP contribution in [-0.2, 0) is 0 Å². The third-order valence-electron chi connectivity index (χ3n) is 10.9. The SMILES string of the molecule is C/C=C\C(=C/C1=CB2c3ccccc3N(C3=CCCC=C3)c3cccc(c32)N1CC1C=C(c2ccccc2)C=CC1)N(c1ccccc1)c1ccccc1. The Hall–Kier alpha value is -6.26. The van der Waals surface area contributed by atoms with E-state index in [1.807, 2.05) is 0 Å². The Balaban J connectivity index is 1.23. The van der Waals surface area contributed by atoms with Crippen molar-refractivity contribution < 1.29 is 0 Å². The Morgan fingerprint density at radius 2 is 1.41 bits per heavy atom. The second kappa shape index (κ2) is 15.0. The molecule has 0 saturated heterocycles. The summed E-state index contributed by atoms with van der Waals surface area (Å²) < 4.78 is 0. The van der Waals surface area contributed by atoms with Crippen LogP contribution in [0.2, 0.25) is 0 Å². The van der Waals surface area contributed by atoms with Gasteiger partial charge in [-0.2, -0.15) is 0 Å². The van der Waals surface area contributed by atoms with Crippen molar-refractivity contribution in [3.63, 3.8) is 0 Å². The number of fused-ring (bicyclic) bond motifs is 2. The summed E-state index contributed by atoms with van der Waals surface area (Å²) in [4.78, 5) is 7.48. The van der Waals surface area contributed by atoms with Gasteiger partial charge in [0.2, 0.25) is 6.71 Å². The van der Waals surface area contributed by atoms with E-state index in [0.29, 0.717) is 5.92 Å². The van der Waals surface area contributed by atoms with Gasteiger partial charge in [-0.05, 0) is 115 Å². The lowest BCUT2D eigenvalue weighted by molar-refractivity contribution is 0.650. The summed E-state index contributed by atoms with van der Waals surface area (Å²) in [5.74, 6) is 2.86. The van der Waals surface area contributed by atoms with E-state index < -0.39 is 0 Å². The fourth-order valence-corrected chi connectivity index (χ4v) is 8.52. The zero-order valence-electron chi connectivity index (χ0n) is 30.8. The number of hydrogen-bond acceptors (Lipinski definition) is 3. The Morgan fingerprint density at radius 1 is 0.722 bits per heavy atom. The second-order valence-corrected chi connectivity index (χ2v) is 14.4. The van der Waals surface area contributed by atoms with Gasteiger partial charge in [-0.15, -0.1) is 0 Å². The van der Waals surface area contributed by atoms with Crippen LogP contribution in [-0.4, -0.2) is 13.3 Å². The Kier molecular flexibility index (Phi) is 9.33. The van der Waals surface area contributed by atoms with E-state index in [4.69, 9.17) is 0 Å². The smallest absolute Gasteiger partial charge is 0.244 e. The van der Waals surface area contributed by atoms with Crippen molar-refractivity contribution in [3.8, 4) is 0 Å². The zero-order chi connectivity index (χ0) is 36.3. The summed E-state index contributed by atoms with van der Waals surface area (Å²) in [7, 11) is 0. The van der Waals surface area contributed by atoms with Crippen molar-refractivity contribution in [3.05, 3.63) is 217 Å². The molecule has 54 heavy (non-hydrogen) atoms. The highest BCUT2D eigenvalue weighted by Gasteiger charge is 2.39.